The van der Waals surface area contributed by atoms with Crippen LogP contribution in [0, 0.1) is 5.92 Å². The molecule has 1 N–H and O–H groups in total. The zero-order valence-corrected chi connectivity index (χ0v) is 14.4. The van der Waals surface area contributed by atoms with E-state index in [4.69, 9.17) is 4.74 Å². The van der Waals surface area contributed by atoms with Crippen LogP contribution in [0.25, 0.3) is 0 Å². The summed E-state index contributed by atoms with van der Waals surface area (Å²) in [4.78, 5) is 12.9. The molecule has 24 heavy (non-hydrogen) atoms. The lowest BCUT2D eigenvalue weighted by atomic mass is 9.64. The van der Waals surface area contributed by atoms with Crippen LogP contribution >= 0.6 is 0 Å². The van der Waals surface area contributed by atoms with Crippen LogP contribution in [0.1, 0.15) is 38.7 Å². The molecular weight excluding hydrogens is 298 g/mol. The van der Waals surface area contributed by atoms with Gasteiger partial charge in [0, 0.05) is 5.69 Å². The van der Waals surface area contributed by atoms with Crippen LogP contribution in [0.4, 0.5) is 5.69 Å². The Hall–Kier alpha value is -2.29. The van der Waals surface area contributed by atoms with Gasteiger partial charge in [0.15, 0.2) is 0 Å². The first kappa shape index (κ1) is 16.6. The number of hydrogen-bond donors (Lipinski definition) is 1. The molecule has 0 unspecified atom stereocenters. The van der Waals surface area contributed by atoms with Gasteiger partial charge in [-0.1, -0.05) is 50.6 Å². The number of carbonyl (C=O) groups is 1. The van der Waals surface area contributed by atoms with E-state index in [2.05, 4.69) is 31.3 Å². The van der Waals surface area contributed by atoms with Crippen LogP contribution in [-0.2, 0) is 10.2 Å². The number of ether oxygens (including phenoxy) is 1. The van der Waals surface area contributed by atoms with Gasteiger partial charge in [0.05, 0.1) is 12.0 Å². The fraction of sp³-hybridized carbons (Fsp3) is 0.381. The Morgan fingerprint density at radius 1 is 1.08 bits per heavy atom. The summed E-state index contributed by atoms with van der Waals surface area (Å²) in [5.74, 6) is 1.42. The molecule has 2 aromatic rings. The average molecular weight is 323 g/mol. The number of hydrogen-bond acceptors (Lipinski definition) is 2. The highest BCUT2D eigenvalue weighted by Crippen LogP contribution is 2.44. The first-order valence-corrected chi connectivity index (χ1v) is 8.70. The molecular formula is C21H25NO2. The normalized spacial score (nSPS) is 15.6. The number of benzene rings is 2. The van der Waals surface area contributed by atoms with E-state index in [-0.39, 0.29) is 11.3 Å². The van der Waals surface area contributed by atoms with Crippen molar-refractivity contribution in [1.82, 2.24) is 0 Å². The number of rotatable bonds is 6. The molecule has 2 aromatic carbocycles. The van der Waals surface area contributed by atoms with Gasteiger partial charge >= 0.3 is 0 Å². The van der Waals surface area contributed by atoms with Crippen molar-refractivity contribution in [2.45, 2.75) is 38.5 Å². The van der Waals surface area contributed by atoms with Crippen molar-refractivity contribution in [1.29, 1.82) is 0 Å². The van der Waals surface area contributed by atoms with Crippen LogP contribution in [-0.4, -0.2) is 12.5 Å². The van der Waals surface area contributed by atoms with Crippen molar-refractivity contribution < 1.29 is 9.53 Å². The smallest absolute Gasteiger partial charge is 0.235 e. The summed E-state index contributed by atoms with van der Waals surface area (Å²) in [5, 5.41) is 3.08. The fourth-order valence-electron chi connectivity index (χ4n) is 3.08. The zero-order chi connectivity index (χ0) is 17.0. The van der Waals surface area contributed by atoms with Gasteiger partial charge in [-0.15, -0.1) is 0 Å². The second-order valence-corrected chi connectivity index (χ2v) is 6.99. The molecule has 126 valence electrons. The van der Waals surface area contributed by atoms with Crippen molar-refractivity contribution in [2.75, 3.05) is 11.9 Å². The van der Waals surface area contributed by atoms with Crippen LogP contribution in [0.2, 0.25) is 0 Å². The van der Waals surface area contributed by atoms with E-state index >= 15 is 0 Å². The Morgan fingerprint density at radius 3 is 2.29 bits per heavy atom. The Morgan fingerprint density at radius 2 is 1.75 bits per heavy atom. The van der Waals surface area contributed by atoms with E-state index in [0.29, 0.717) is 12.5 Å². The van der Waals surface area contributed by atoms with Gasteiger partial charge in [0.1, 0.15) is 5.75 Å². The molecule has 1 saturated carbocycles. The molecule has 0 heterocycles. The van der Waals surface area contributed by atoms with Gasteiger partial charge in [-0.2, -0.15) is 0 Å². The number of anilines is 1. The molecule has 3 rings (SSSR count). The summed E-state index contributed by atoms with van der Waals surface area (Å²) in [7, 11) is 0. The predicted octanol–water partition coefficient (Wildman–Crippen LogP) is 4.78. The standard InChI is InChI=1S/C21H25NO2/c1-16(2)15-24-19-11-9-18(10-12-19)22-20(23)21(13-6-14-21)17-7-4-3-5-8-17/h3-5,7-12,16H,6,13-15H2,1-2H3,(H,22,23). The minimum absolute atomic E-state index is 0.0933. The molecule has 3 nitrogen and oxygen atoms in total. The van der Waals surface area contributed by atoms with Crippen LogP contribution in [0.3, 0.4) is 0 Å². The molecule has 3 heteroatoms. The SMILES string of the molecule is CC(C)COc1ccc(NC(=O)C2(c3ccccc3)CCC2)cc1. The van der Waals surface area contributed by atoms with Crippen LogP contribution in [0.5, 0.6) is 5.75 Å². The molecule has 0 spiro atoms. The predicted molar refractivity (Wildman–Crippen MR) is 97.4 cm³/mol. The molecule has 1 fully saturated rings. The average Bonchev–Trinajstić information content (AvgIpc) is 2.54. The highest BCUT2D eigenvalue weighted by Gasteiger charge is 2.45. The van der Waals surface area contributed by atoms with Gasteiger partial charge in [-0.05, 0) is 48.6 Å². The largest absolute Gasteiger partial charge is 0.493 e. The Labute approximate surface area is 144 Å². The monoisotopic (exact) mass is 323 g/mol. The molecule has 0 saturated heterocycles. The molecule has 0 atom stereocenters. The van der Waals surface area contributed by atoms with E-state index < -0.39 is 0 Å². The summed E-state index contributed by atoms with van der Waals surface area (Å²) in [6, 6.07) is 17.7. The van der Waals surface area contributed by atoms with Gasteiger partial charge < -0.3 is 10.1 Å². The Balaban J connectivity index is 1.68. The van der Waals surface area contributed by atoms with Crippen molar-refractivity contribution in [3.63, 3.8) is 0 Å². The molecule has 1 aliphatic rings. The quantitative estimate of drug-likeness (QED) is 0.830. The van der Waals surface area contributed by atoms with Gasteiger partial charge in [0.2, 0.25) is 5.91 Å². The van der Waals surface area contributed by atoms with Crippen molar-refractivity contribution >= 4 is 11.6 Å². The fourth-order valence-corrected chi connectivity index (χ4v) is 3.08. The number of nitrogens with one attached hydrogen (secondary N) is 1. The summed E-state index contributed by atoms with van der Waals surface area (Å²) in [6.45, 7) is 4.94. The molecule has 0 radical (unpaired) electrons. The summed E-state index contributed by atoms with van der Waals surface area (Å²) >= 11 is 0. The highest BCUT2D eigenvalue weighted by molar-refractivity contribution is 5.99. The Bertz CT molecular complexity index is 673. The highest BCUT2D eigenvalue weighted by atomic mass is 16.5. The third-order valence-electron chi connectivity index (χ3n) is 4.66. The first-order valence-electron chi connectivity index (χ1n) is 8.70. The third-order valence-corrected chi connectivity index (χ3v) is 4.66. The lowest BCUT2D eigenvalue weighted by Gasteiger charge is -2.40. The van der Waals surface area contributed by atoms with E-state index in [1.54, 1.807) is 0 Å². The van der Waals surface area contributed by atoms with Crippen LogP contribution < -0.4 is 10.1 Å². The third kappa shape index (κ3) is 3.45. The molecule has 1 amide bonds. The first-order chi connectivity index (χ1) is 11.6. The van der Waals surface area contributed by atoms with E-state index in [1.165, 1.54) is 0 Å². The van der Waals surface area contributed by atoms with E-state index in [9.17, 15) is 4.79 Å². The van der Waals surface area contributed by atoms with E-state index in [1.807, 2.05) is 42.5 Å². The summed E-state index contributed by atoms with van der Waals surface area (Å²) < 4.78 is 5.68. The van der Waals surface area contributed by atoms with E-state index in [0.717, 1.165) is 36.3 Å². The second kappa shape index (κ2) is 7.08. The minimum atomic E-state index is -0.367. The Kier molecular flexibility index (Phi) is 4.89. The topological polar surface area (TPSA) is 38.3 Å². The summed E-state index contributed by atoms with van der Waals surface area (Å²) in [5.41, 5.74) is 1.57. The van der Waals surface area contributed by atoms with Crippen molar-refractivity contribution in [3.05, 3.63) is 60.2 Å². The maximum absolute atomic E-state index is 12.9. The lowest BCUT2D eigenvalue weighted by Crippen LogP contribution is -2.45. The molecule has 0 aromatic heterocycles. The molecule has 0 aliphatic heterocycles. The number of carbonyl (C=O) groups excluding carboxylic acids is 1. The molecule has 0 bridgehead atoms. The van der Waals surface area contributed by atoms with Crippen LogP contribution in [0.15, 0.2) is 54.6 Å². The van der Waals surface area contributed by atoms with Gasteiger partial charge in [-0.25, -0.2) is 0 Å². The van der Waals surface area contributed by atoms with Crippen molar-refractivity contribution in [3.8, 4) is 5.75 Å². The second-order valence-electron chi connectivity index (χ2n) is 6.99. The number of amides is 1. The van der Waals surface area contributed by atoms with Gasteiger partial charge in [0.25, 0.3) is 0 Å². The van der Waals surface area contributed by atoms with Crippen molar-refractivity contribution in [2.24, 2.45) is 5.92 Å². The maximum Gasteiger partial charge on any atom is 0.235 e. The zero-order valence-electron chi connectivity index (χ0n) is 14.4. The summed E-state index contributed by atoms with van der Waals surface area (Å²) in [6.07, 6.45) is 2.93. The molecule has 1 aliphatic carbocycles. The van der Waals surface area contributed by atoms with Gasteiger partial charge in [-0.3, -0.25) is 4.79 Å². The lowest BCUT2D eigenvalue weighted by molar-refractivity contribution is -0.124. The maximum atomic E-state index is 12.9. The minimum Gasteiger partial charge on any atom is -0.493 e.